The molecule has 0 aliphatic heterocycles. The number of nitrogens with zero attached hydrogens (tertiary/aromatic N) is 2. The van der Waals surface area contributed by atoms with Crippen molar-refractivity contribution in [2.75, 3.05) is 7.05 Å². The smallest absolute Gasteiger partial charge is 0.0695 e. The van der Waals surface area contributed by atoms with Crippen molar-refractivity contribution < 1.29 is 0 Å². The molecule has 0 saturated carbocycles. The molecule has 108 valence electrons. The lowest BCUT2D eigenvalue weighted by Gasteiger charge is -2.18. The van der Waals surface area contributed by atoms with Crippen LogP contribution in [0.25, 0.3) is 10.8 Å². The molecule has 0 fully saturated rings. The lowest BCUT2D eigenvalue weighted by Crippen LogP contribution is -2.22. The molecule has 3 rings (SSSR count). The van der Waals surface area contributed by atoms with Crippen LogP contribution in [0.3, 0.4) is 0 Å². The fourth-order valence-corrected chi connectivity index (χ4v) is 3.37. The van der Waals surface area contributed by atoms with Crippen molar-refractivity contribution in [3.63, 3.8) is 0 Å². The molecule has 1 N–H and O–H groups in total. The lowest BCUT2D eigenvalue weighted by molar-refractivity contribution is 0.535. The van der Waals surface area contributed by atoms with Crippen LogP contribution in [0, 0.1) is 0 Å². The van der Waals surface area contributed by atoms with Gasteiger partial charge in [0.1, 0.15) is 0 Å². The van der Waals surface area contributed by atoms with Crippen molar-refractivity contribution >= 4 is 26.7 Å². The quantitative estimate of drug-likeness (QED) is 0.779. The van der Waals surface area contributed by atoms with Crippen LogP contribution in [0.5, 0.6) is 0 Å². The maximum atomic E-state index is 4.31. The van der Waals surface area contributed by atoms with Crippen LogP contribution >= 0.6 is 15.9 Å². The lowest BCUT2D eigenvalue weighted by atomic mass is 10.00. The molecule has 1 heterocycles. The Bertz CT molecular complexity index is 744. The number of benzene rings is 2. The molecule has 3 nitrogen and oxygen atoms in total. The molecule has 1 unspecified atom stereocenters. The fraction of sp³-hybridized carbons (Fsp3) is 0.235. The van der Waals surface area contributed by atoms with E-state index in [0.29, 0.717) is 0 Å². The molecule has 0 spiro atoms. The van der Waals surface area contributed by atoms with Crippen molar-refractivity contribution in [1.29, 1.82) is 0 Å². The van der Waals surface area contributed by atoms with Gasteiger partial charge in [0.15, 0.2) is 0 Å². The van der Waals surface area contributed by atoms with Crippen LogP contribution in [-0.4, -0.2) is 16.8 Å². The second-order valence-electron chi connectivity index (χ2n) is 5.23. The molecule has 21 heavy (non-hydrogen) atoms. The van der Waals surface area contributed by atoms with Gasteiger partial charge in [-0.2, -0.15) is 5.10 Å². The molecular weight excluding hydrogens is 326 g/mol. The third kappa shape index (κ3) is 2.87. The van der Waals surface area contributed by atoms with Crippen LogP contribution in [0.1, 0.15) is 17.3 Å². The normalized spacial score (nSPS) is 12.7. The predicted octanol–water partition coefficient (Wildman–Crippen LogP) is 3.84. The molecule has 0 amide bonds. The summed E-state index contributed by atoms with van der Waals surface area (Å²) in [6.45, 7) is 0. The largest absolute Gasteiger partial charge is 0.311 e. The van der Waals surface area contributed by atoms with Crippen molar-refractivity contribution in [3.8, 4) is 0 Å². The summed E-state index contributed by atoms with van der Waals surface area (Å²) in [7, 11) is 3.97. The van der Waals surface area contributed by atoms with Crippen LogP contribution < -0.4 is 5.32 Å². The van der Waals surface area contributed by atoms with E-state index in [9.17, 15) is 0 Å². The van der Waals surface area contributed by atoms with E-state index in [1.807, 2.05) is 25.0 Å². The first-order valence-corrected chi connectivity index (χ1v) is 7.80. The first-order valence-electron chi connectivity index (χ1n) is 7.01. The van der Waals surface area contributed by atoms with Crippen molar-refractivity contribution in [2.24, 2.45) is 7.05 Å². The molecule has 3 aromatic rings. The van der Waals surface area contributed by atoms with Crippen LogP contribution in [0.4, 0.5) is 0 Å². The molecule has 0 saturated heterocycles. The van der Waals surface area contributed by atoms with Crippen molar-refractivity contribution in [1.82, 2.24) is 15.1 Å². The summed E-state index contributed by atoms with van der Waals surface area (Å²) in [5, 5.41) is 10.3. The summed E-state index contributed by atoms with van der Waals surface area (Å²) in [5.74, 6) is 0. The third-order valence-corrected chi connectivity index (χ3v) is 4.48. The Morgan fingerprint density at radius 3 is 2.62 bits per heavy atom. The molecule has 4 heteroatoms. The summed E-state index contributed by atoms with van der Waals surface area (Å²) < 4.78 is 2.97. The highest BCUT2D eigenvalue weighted by Gasteiger charge is 2.17. The number of likely N-dealkylation sites (N-methyl/N-ethyl adjacent to an activating group) is 1. The van der Waals surface area contributed by atoms with E-state index in [-0.39, 0.29) is 6.04 Å². The van der Waals surface area contributed by atoms with E-state index in [4.69, 9.17) is 0 Å². The Morgan fingerprint density at radius 1 is 1.19 bits per heavy atom. The predicted molar refractivity (Wildman–Crippen MR) is 90.4 cm³/mol. The molecule has 2 aromatic carbocycles. The molecule has 0 bridgehead atoms. The van der Waals surface area contributed by atoms with Crippen molar-refractivity contribution in [2.45, 2.75) is 12.5 Å². The van der Waals surface area contributed by atoms with E-state index in [1.54, 1.807) is 0 Å². The highest BCUT2D eigenvalue weighted by molar-refractivity contribution is 9.10. The zero-order chi connectivity index (χ0) is 14.8. The Morgan fingerprint density at radius 2 is 1.95 bits per heavy atom. The monoisotopic (exact) mass is 343 g/mol. The van der Waals surface area contributed by atoms with Crippen molar-refractivity contribution in [3.05, 3.63) is 64.4 Å². The number of hydrogen-bond acceptors (Lipinski definition) is 2. The van der Waals surface area contributed by atoms with Gasteiger partial charge >= 0.3 is 0 Å². The Kier molecular flexibility index (Phi) is 4.08. The maximum Gasteiger partial charge on any atom is 0.0695 e. The number of nitrogens with one attached hydrogen (secondary N) is 1. The molecule has 1 atom stereocenters. The minimum Gasteiger partial charge on any atom is -0.311 e. The van der Waals surface area contributed by atoms with E-state index in [1.165, 1.54) is 22.0 Å². The van der Waals surface area contributed by atoms with Gasteiger partial charge in [-0.15, -0.1) is 0 Å². The zero-order valence-electron chi connectivity index (χ0n) is 12.2. The number of halogens is 1. The Balaban J connectivity index is 1.92. The standard InChI is InChI=1S/C17H18BrN3/c1-19-16(17-15(18)11-20-21(17)2)10-12-7-8-13-5-3-4-6-14(13)9-12/h3-9,11,16,19H,10H2,1-2H3. The molecule has 0 aliphatic rings. The van der Waals surface area contributed by atoms with Gasteiger partial charge in [-0.1, -0.05) is 42.5 Å². The summed E-state index contributed by atoms with van der Waals surface area (Å²) in [4.78, 5) is 0. The number of aromatic nitrogens is 2. The molecular formula is C17H18BrN3. The fourth-order valence-electron chi connectivity index (χ4n) is 2.75. The highest BCUT2D eigenvalue weighted by Crippen LogP contribution is 2.26. The minimum atomic E-state index is 0.230. The van der Waals surface area contributed by atoms with Crippen LogP contribution in [0.15, 0.2) is 53.1 Å². The van der Waals surface area contributed by atoms with E-state index in [2.05, 4.69) is 68.8 Å². The van der Waals surface area contributed by atoms with Gasteiger partial charge in [-0.25, -0.2) is 0 Å². The number of hydrogen-bond donors (Lipinski definition) is 1. The van der Waals surface area contributed by atoms with E-state index >= 15 is 0 Å². The first-order chi connectivity index (χ1) is 10.2. The Labute approximate surface area is 133 Å². The SMILES string of the molecule is CNC(Cc1ccc2ccccc2c1)c1c(Br)cnn1C. The maximum absolute atomic E-state index is 4.31. The summed E-state index contributed by atoms with van der Waals surface area (Å²) in [6.07, 6.45) is 2.78. The average molecular weight is 344 g/mol. The van der Waals surface area contributed by atoms with Gasteiger partial charge in [0.05, 0.1) is 22.4 Å². The second kappa shape index (κ2) is 6.00. The van der Waals surface area contributed by atoms with Gasteiger partial charge in [0.2, 0.25) is 0 Å². The highest BCUT2D eigenvalue weighted by atomic mass is 79.9. The van der Waals surface area contributed by atoms with Crippen LogP contribution in [0.2, 0.25) is 0 Å². The van der Waals surface area contributed by atoms with Gasteiger partial charge in [0.25, 0.3) is 0 Å². The second-order valence-corrected chi connectivity index (χ2v) is 6.08. The summed E-state index contributed by atoms with van der Waals surface area (Å²) >= 11 is 3.59. The zero-order valence-corrected chi connectivity index (χ0v) is 13.8. The molecule has 1 aromatic heterocycles. The summed E-state index contributed by atoms with van der Waals surface area (Å²) in [6, 6.07) is 15.4. The topological polar surface area (TPSA) is 29.9 Å². The van der Waals surface area contributed by atoms with Gasteiger partial charge in [-0.05, 0) is 45.7 Å². The van der Waals surface area contributed by atoms with E-state index < -0.39 is 0 Å². The van der Waals surface area contributed by atoms with Gasteiger partial charge in [-0.3, -0.25) is 4.68 Å². The van der Waals surface area contributed by atoms with Gasteiger partial charge < -0.3 is 5.32 Å². The number of aryl methyl sites for hydroxylation is 1. The number of fused-ring (bicyclic) bond motifs is 1. The molecule has 0 aliphatic carbocycles. The minimum absolute atomic E-state index is 0.230. The first kappa shape index (κ1) is 14.3. The summed E-state index contributed by atoms with van der Waals surface area (Å²) in [5.41, 5.74) is 2.49. The average Bonchev–Trinajstić information content (AvgIpc) is 2.84. The van der Waals surface area contributed by atoms with E-state index in [0.717, 1.165) is 10.9 Å². The third-order valence-electron chi connectivity index (χ3n) is 3.87. The molecule has 0 radical (unpaired) electrons. The Hall–Kier alpha value is -1.65. The van der Waals surface area contributed by atoms with Gasteiger partial charge in [0, 0.05) is 7.05 Å². The number of rotatable bonds is 4. The van der Waals surface area contributed by atoms with Crippen LogP contribution in [-0.2, 0) is 13.5 Å².